The van der Waals surface area contributed by atoms with Gasteiger partial charge in [-0.15, -0.1) is 0 Å². The zero-order chi connectivity index (χ0) is 14.7. The molecule has 0 atom stereocenters. The molecule has 21 heavy (non-hydrogen) atoms. The van der Waals surface area contributed by atoms with Crippen LogP contribution < -0.4 is 10.2 Å². The maximum Gasteiger partial charge on any atom is 0.246 e. The zero-order valence-electron chi connectivity index (χ0n) is 12.7. The van der Waals surface area contributed by atoms with Crippen LogP contribution in [0.3, 0.4) is 0 Å². The molecule has 3 rings (SSSR count). The van der Waals surface area contributed by atoms with Crippen molar-refractivity contribution in [1.82, 2.24) is 15.5 Å². The molecule has 0 radical (unpaired) electrons. The highest BCUT2D eigenvalue weighted by Crippen LogP contribution is 2.23. The number of aromatic nitrogens is 2. The van der Waals surface area contributed by atoms with Gasteiger partial charge in [0.25, 0.3) is 0 Å². The standard InChI is InChI=1S/C16H22N4O/c1-12(2)9-15-18-16(21-19-15)11-20-8-7-17-10-13-5-3-4-6-14(13)20/h3-6,12,17H,7-11H2,1-2H3. The van der Waals surface area contributed by atoms with Gasteiger partial charge in [0.05, 0.1) is 6.54 Å². The topological polar surface area (TPSA) is 54.2 Å². The molecule has 2 heterocycles. The van der Waals surface area contributed by atoms with E-state index >= 15 is 0 Å². The van der Waals surface area contributed by atoms with Crippen molar-refractivity contribution < 1.29 is 4.52 Å². The van der Waals surface area contributed by atoms with Crippen LogP contribution in [0.15, 0.2) is 28.8 Å². The lowest BCUT2D eigenvalue weighted by molar-refractivity contribution is 0.369. The second-order valence-electron chi connectivity index (χ2n) is 5.93. The molecule has 5 nitrogen and oxygen atoms in total. The highest BCUT2D eigenvalue weighted by molar-refractivity contribution is 5.54. The number of anilines is 1. The van der Waals surface area contributed by atoms with Crippen LogP contribution >= 0.6 is 0 Å². The lowest BCUT2D eigenvalue weighted by Crippen LogP contribution is -2.28. The van der Waals surface area contributed by atoms with Crippen molar-refractivity contribution in [3.63, 3.8) is 0 Å². The van der Waals surface area contributed by atoms with E-state index in [1.54, 1.807) is 0 Å². The summed E-state index contributed by atoms with van der Waals surface area (Å²) in [6.07, 6.45) is 0.863. The fourth-order valence-electron chi connectivity index (χ4n) is 2.66. The Labute approximate surface area is 125 Å². The molecule has 1 N–H and O–H groups in total. The Morgan fingerprint density at radius 2 is 2.19 bits per heavy atom. The van der Waals surface area contributed by atoms with Gasteiger partial charge in [0.2, 0.25) is 5.89 Å². The SMILES string of the molecule is CC(C)Cc1noc(CN2CCNCc3ccccc32)n1. The molecule has 0 spiro atoms. The van der Waals surface area contributed by atoms with E-state index in [1.165, 1.54) is 11.3 Å². The molecule has 5 heteroatoms. The van der Waals surface area contributed by atoms with Crippen LogP contribution in [-0.4, -0.2) is 23.2 Å². The van der Waals surface area contributed by atoms with Gasteiger partial charge in [-0.1, -0.05) is 37.2 Å². The van der Waals surface area contributed by atoms with E-state index in [9.17, 15) is 0 Å². The number of fused-ring (bicyclic) bond motifs is 1. The van der Waals surface area contributed by atoms with Crippen LogP contribution in [0.2, 0.25) is 0 Å². The van der Waals surface area contributed by atoms with Gasteiger partial charge in [0.15, 0.2) is 5.82 Å². The first-order valence-corrected chi connectivity index (χ1v) is 7.57. The number of hydrogen-bond donors (Lipinski definition) is 1. The van der Waals surface area contributed by atoms with Crippen LogP contribution in [0, 0.1) is 5.92 Å². The molecular formula is C16H22N4O. The number of hydrogen-bond acceptors (Lipinski definition) is 5. The van der Waals surface area contributed by atoms with E-state index in [0.717, 1.165) is 31.9 Å². The van der Waals surface area contributed by atoms with Gasteiger partial charge < -0.3 is 14.7 Å². The summed E-state index contributed by atoms with van der Waals surface area (Å²) in [5, 5.41) is 7.52. The summed E-state index contributed by atoms with van der Waals surface area (Å²) in [7, 11) is 0. The van der Waals surface area contributed by atoms with E-state index in [-0.39, 0.29) is 0 Å². The van der Waals surface area contributed by atoms with Crippen LogP contribution in [0.25, 0.3) is 0 Å². The third-order valence-electron chi connectivity index (χ3n) is 3.63. The van der Waals surface area contributed by atoms with E-state index < -0.39 is 0 Å². The highest BCUT2D eigenvalue weighted by Gasteiger charge is 2.17. The van der Waals surface area contributed by atoms with Crippen molar-refractivity contribution >= 4 is 5.69 Å². The second kappa shape index (κ2) is 6.26. The summed E-state index contributed by atoms with van der Waals surface area (Å²) >= 11 is 0. The van der Waals surface area contributed by atoms with Gasteiger partial charge in [-0.2, -0.15) is 4.98 Å². The first-order chi connectivity index (χ1) is 10.2. The molecular weight excluding hydrogens is 264 g/mol. The maximum atomic E-state index is 5.40. The molecule has 0 fully saturated rings. The van der Waals surface area contributed by atoms with Crippen molar-refractivity contribution in [1.29, 1.82) is 0 Å². The summed E-state index contributed by atoms with van der Waals surface area (Å²) in [6.45, 7) is 7.80. The average molecular weight is 286 g/mol. The fourth-order valence-corrected chi connectivity index (χ4v) is 2.66. The minimum Gasteiger partial charge on any atom is -0.361 e. The molecule has 0 unspecified atom stereocenters. The normalized spacial score (nSPS) is 15.1. The molecule has 1 aliphatic heterocycles. The Hall–Kier alpha value is -1.88. The van der Waals surface area contributed by atoms with Crippen molar-refractivity contribution in [2.45, 2.75) is 33.4 Å². The number of rotatable bonds is 4. The number of para-hydroxylation sites is 1. The fraction of sp³-hybridized carbons (Fsp3) is 0.500. The summed E-state index contributed by atoms with van der Waals surface area (Å²) in [5.41, 5.74) is 2.57. The van der Waals surface area contributed by atoms with E-state index in [2.05, 4.69) is 58.5 Å². The molecule has 1 aromatic carbocycles. The van der Waals surface area contributed by atoms with Gasteiger partial charge in [0.1, 0.15) is 0 Å². The maximum absolute atomic E-state index is 5.40. The van der Waals surface area contributed by atoms with Crippen molar-refractivity contribution in [2.24, 2.45) is 5.92 Å². The molecule has 0 saturated carbocycles. The van der Waals surface area contributed by atoms with Crippen LogP contribution in [0.4, 0.5) is 5.69 Å². The summed E-state index contributed by atoms with van der Waals surface area (Å²) < 4.78 is 5.40. The van der Waals surface area contributed by atoms with Gasteiger partial charge in [0, 0.05) is 31.7 Å². The van der Waals surface area contributed by atoms with Crippen LogP contribution in [-0.2, 0) is 19.5 Å². The molecule has 0 bridgehead atoms. The average Bonchev–Trinajstić information content (AvgIpc) is 2.78. The smallest absolute Gasteiger partial charge is 0.246 e. The summed E-state index contributed by atoms with van der Waals surface area (Å²) in [6, 6.07) is 8.49. The lowest BCUT2D eigenvalue weighted by atomic mass is 10.1. The third kappa shape index (κ3) is 3.42. The predicted molar refractivity (Wildman–Crippen MR) is 82.0 cm³/mol. The number of benzene rings is 1. The van der Waals surface area contributed by atoms with E-state index in [0.29, 0.717) is 18.4 Å². The van der Waals surface area contributed by atoms with Gasteiger partial charge in [-0.05, 0) is 17.5 Å². The number of nitrogens with zero attached hydrogens (tertiary/aromatic N) is 3. The molecule has 0 amide bonds. The van der Waals surface area contributed by atoms with Crippen LogP contribution in [0.1, 0.15) is 31.1 Å². The third-order valence-corrected chi connectivity index (χ3v) is 3.63. The molecule has 2 aromatic rings. The molecule has 0 aliphatic carbocycles. The van der Waals surface area contributed by atoms with E-state index in [4.69, 9.17) is 4.52 Å². The molecule has 0 saturated heterocycles. The Kier molecular flexibility index (Phi) is 4.20. The Balaban J connectivity index is 1.76. The Bertz CT molecular complexity index is 593. The van der Waals surface area contributed by atoms with Crippen LogP contribution in [0.5, 0.6) is 0 Å². The second-order valence-corrected chi connectivity index (χ2v) is 5.93. The minimum atomic E-state index is 0.540. The monoisotopic (exact) mass is 286 g/mol. The van der Waals surface area contributed by atoms with Gasteiger partial charge in [-0.25, -0.2) is 0 Å². The zero-order valence-corrected chi connectivity index (χ0v) is 12.7. The molecule has 1 aromatic heterocycles. The molecule has 1 aliphatic rings. The highest BCUT2D eigenvalue weighted by atomic mass is 16.5. The van der Waals surface area contributed by atoms with Gasteiger partial charge >= 0.3 is 0 Å². The summed E-state index contributed by atoms with van der Waals surface area (Å²) in [4.78, 5) is 6.82. The Morgan fingerprint density at radius 3 is 3.05 bits per heavy atom. The molecule has 112 valence electrons. The lowest BCUT2D eigenvalue weighted by Gasteiger charge is -2.22. The Morgan fingerprint density at radius 1 is 1.33 bits per heavy atom. The quantitative estimate of drug-likeness (QED) is 0.935. The summed E-state index contributed by atoms with van der Waals surface area (Å²) in [5.74, 6) is 2.04. The first-order valence-electron chi connectivity index (χ1n) is 7.57. The number of nitrogens with one attached hydrogen (secondary N) is 1. The predicted octanol–water partition coefficient (Wildman–Crippen LogP) is 2.38. The first kappa shape index (κ1) is 14.1. The largest absolute Gasteiger partial charge is 0.361 e. The van der Waals surface area contributed by atoms with Crippen molar-refractivity contribution in [3.8, 4) is 0 Å². The van der Waals surface area contributed by atoms with E-state index in [1.807, 2.05) is 0 Å². The van der Waals surface area contributed by atoms with Gasteiger partial charge in [-0.3, -0.25) is 0 Å². The van der Waals surface area contributed by atoms with Crippen molar-refractivity contribution in [2.75, 3.05) is 18.0 Å². The van der Waals surface area contributed by atoms with Crippen molar-refractivity contribution in [3.05, 3.63) is 41.5 Å². The minimum absolute atomic E-state index is 0.540.